The number of hydrogen-bond acceptors (Lipinski definition) is 5. The number of aromatic nitrogens is 5. The van der Waals surface area contributed by atoms with Crippen LogP contribution in [0.1, 0.15) is 67.2 Å². The highest BCUT2D eigenvalue weighted by atomic mass is 16.5. The quantitative estimate of drug-likeness (QED) is 0.678. The topological polar surface area (TPSA) is 82.0 Å². The fraction of sp³-hybridized carbons (Fsp3) is 0.524. The molecule has 8 nitrogen and oxygen atoms in total. The lowest BCUT2D eigenvalue weighted by Gasteiger charge is -2.24. The van der Waals surface area contributed by atoms with Crippen LogP contribution in [-0.4, -0.2) is 42.1 Å². The van der Waals surface area contributed by atoms with E-state index < -0.39 is 0 Å². The lowest BCUT2D eigenvalue weighted by molar-refractivity contribution is 0.0721. The van der Waals surface area contributed by atoms with E-state index in [0.29, 0.717) is 18.0 Å². The standard InChI is InChI=1S/C21H28N6O2/c1-13-10-17(29-24-13)14-12-25(5)23-19(14)15-8-7-9-27(15)20(28)16-11-18(21(2,3)4)22-26(16)6/h10-12,15H,7-9H2,1-6H3/t15-/m1/s1. The normalized spacial score (nSPS) is 17.3. The fourth-order valence-electron chi connectivity index (χ4n) is 3.91. The average molecular weight is 396 g/mol. The van der Waals surface area contributed by atoms with Crippen molar-refractivity contribution in [3.8, 4) is 11.3 Å². The number of likely N-dealkylation sites (tertiary alicyclic amines) is 1. The smallest absolute Gasteiger partial charge is 0.272 e. The van der Waals surface area contributed by atoms with E-state index in [1.807, 2.05) is 44.2 Å². The van der Waals surface area contributed by atoms with Gasteiger partial charge >= 0.3 is 0 Å². The molecule has 3 aromatic rings. The van der Waals surface area contributed by atoms with Crippen LogP contribution in [0, 0.1) is 6.92 Å². The minimum atomic E-state index is -0.112. The molecule has 0 unspecified atom stereocenters. The molecular weight excluding hydrogens is 368 g/mol. The van der Waals surface area contributed by atoms with Gasteiger partial charge in [-0.1, -0.05) is 25.9 Å². The molecule has 0 spiro atoms. The molecule has 1 fully saturated rings. The molecule has 3 aromatic heterocycles. The van der Waals surface area contributed by atoms with E-state index >= 15 is 0 Å². The summed E-state index contributed by atoms with van der Waals surface area (Å²) in [5.41, 5.74) is 3.97. The third kappa shape index (κ3) is 3.47. The van der Waals surface area contributed by atoms with Crippen LogP contribution in [0.2, 0.25) is 0 Å². The summed E-state index contributed by atoms with van der Waals surface area (Å²) in [7, 11) is 3.71. The second-order valence-electron chi connectivity index (χ2n) is 8.88. The Morgan fingerprint density at radius 3 is 2.59 bits per heavy atom. The second kappa shape index (κ2) is 6.86. The molecule has 154 valence electrons. The zero-order valence-electron chi connectivity index (χ0n) is 17.9. The van der Waals surface area contributed by atoms with Crippen molar-refractivity contribution in [2.45, 2.75) is 52.0 Å². The molecule has 0 bridgehead atoms. The summed E-state index contributed by atoms with van der Waals surface area (Å²) in [5.74, 6) is 0.670. The number of nitrogens with zero attached hydrogens (tertiary/aromatic N) is 6. The van der Waals surface area contributed by atoms with Gasteiger partial charge in [-0.25, -0.2) is 0 Å². The van der Waals surface area contributed by atoms with Crippen molar-refractivity contribution in [3.63, 3.8) is 0 Å². The van der Waals surface area contributed by atoms with Crippen LogP contribution in [-0.2, 0) is 19.5 Å². The van der Waals surface area contributed by atoms with Gasteiger partial charge in [0, 0.05) is 38.3 Å². The molecule has 0 radical (unpaired) electrons. The van der Waals surface area contributed by atoms with Crippen LogP contribution in [0.15, 0.2) is 22.9 Å². The molecule has 29 heavy (non-hydrogen) atoms. The average Bonchev–Trinajstić information content (AvgIpc) is 3.39. The molecule has 0 N–H and O–H groups in total. The first kappa shape index (κ1) is 19.4. The highest BCUT2D eigenvalue weighted by Crippen LogP contribution is 2.38. The van der Waals surface area contributed by atoms with Gasteiger partial charge in [-0.05, 0) is 25.8 Å². The molecule has 8 heteroatoms. The number of carbonyl (C=O) groups excluding carboxylic acids is 1. The Labute approximate surface area is 170 Å². The number of amides is 1. The zero-order valence-corrected chi connectivity index (χ0v) is 17.9. The molecule has 1 atom stereocenters. The van der Waals surface area contributed by atoms with E-state index in [1.54, 1.807) is 9.36 Å². The third-order valence-corrected chi connectivity index (χ3v) is 5.45. The third-order valence-electron chi connectivity index (χ3n) is 5.45. The Morgan fingerprint density at radius 1 is 1.21 bits per heavy atom. The summed E-state index contributed by atoms with van der Waals surface area (Å²) < 4.78 is 8.94. The van der Waals surface area contributed by atoms with Gasteiger partial charge in [0.2, 0.25) is 0 Å². The van der Waals surface area contributed by atoms with Crippen LogP contribution in [0.3, 0.4) is 0 Å². The van der Waals surface area contributed by atoms with E-state index in [0.717, 1.165) is 35.5 Å². The predicted octanol–water partition coefficient (Wildman–Crippen LogP) is 3.39. The first-order valence-corrected chi connectivity index (χ1v) is 9.98. The van der Waals surface area contributed by atoms with Gasteiger partial charge in [0.15, 0.2) is 5.76 Å². The van der Waals surface area contributed by atoms with Crippen LogP contribution >= 0.6 is 0 Å². The van der Waals surface area contributed by atoms with Gasteiger partial charge in [-0.15, -0.1) is 0 Å². The Kier molecular flexibility index (Phi) is 4.59. The van der Waals surface area contributed by atoms with Crippen LogP contribution in [0.25, 0.3) is 11.3 Å². The van der Waals surface area contributed by atoms with E-state index in [2.05, 4.69) is 36.1 Å². The van der Waals surface area contributed by atoms with Crippen LogP contribution in [0.4, 0.5) is 0 Å². The maximum Gasteiger partial charge on any atom is 0.272 e. The van der Waals surface area contributed by atoms with E-state index in [-0.39, 0.29) is 17.4 Å². The van der Waals surface area contributed by atoms with Crippen molar-refractivity contribution in [3.05, 3.63) is 41.1 Å². The summed E-state index contributed by atoms with van der Waals surface area (Å²) in [4.78, 5) is 15.4. The summed E-state index contributed by atoms with van der Waals surface area (Å²) in [6.45, 7) is 8.89. The van der Waals surface area contributed by atoms with Gasteiger partial charge in [0.1, 0.15) is 5.69 Å². The Balaban J connectivity index is 1.69. The number of rotatable bonds is 3. The van der Waals surface area contributed by atoms with Crippen molar-refractivity contribution in [2.24, 2.45) is 14.1 Å². The summed E-state index contributed by atoms with van der Waals surface area (Å²) >= 11 is 0. The van der Waals surface area contributed by atoms with Crippen molar-refractivity contribution < 1.29 is 9.32 Å². The summed E-state index contributed by atoms with van der Waals surface area (Å²) in [6.07, 6.45) is 3.73. The Morgan fingerprint density at radius 2 is 1.97 bits per heavy atom. The van der Waals surface area contributed by atoms with Crippen molar-refractivity contribution in [2.75, 3.05) is 6.54 Å². The Bertz CT molecular complexity index is 1050. The van der Waals surface area contributed by atoms with Gasteiger partial charge in [-0.3, -0.25) is 14.2 Å². The van der Waals surface area contributed by atoms with Crippen molar-refractivity contribution >= 4 is 5.91 Å². The molecular formula is C21H28N6O2. The molecule has 4 rings (SSSR count). The first-order valence-electron chi connectivity index (χ1n) is 9.98. The number of carbonyl (C=O) groups is 1. The predicted molar refractivity (Wildman–Crippen MR) is 108 cm³/mol. The fourth-order valence-corrected chi connectivity index (χ4v) is 3.91. The molecule has 1 aliphatic rings. The number of hydrogen-bond donors (Lipinski definition) is 0. The molecule has 0 aromatic carbocycles. The van der Waals surface area contributed by atoms with E-state index in [1.165, 1.54) is 0 Å². The van der Waals surface area contributed by atoms with Crippen molar-refractivity contribution in [1.29, 1.82) is 0 Å². The molecule has 4 heterocycles. The van der Waals surface area contributed by atoms with E-state index in [4.69, 9.17) is 4.52 Å². The molecule has 0 aliphatic carbocycles. The summed E-state index contributed by atoms with van der Waals surface area (Å²) in [5, 5.41) is 13.3. The van der Waals surface area contributed by atoms with Gasteiger partial charge < -0.3 is 9.42 Å². The van der Waals surface area contributed by atoms with E-state index in [9.17, 15) is 4.79 Å². The highest BCUT2D eigenvalue weighted by molar-refractivity contribution is 5.93. The minimum Gasteiger partial charge on any atom is -0.356 e. The highest BCUT2D eigenvalue weighted by Gasteiger charge is 2.36. The largest absolute Gasteiger partial charge is 0.356 e. The maximum atomic E-state index is 13.4. The lowest BCUT2D eigenvalue weighted by Crippen LogP contribution is -2.32. The summed E-state index contributed by atoms with van der Waals surface area (Å²) in [6, 6.07) is 3.71. The SMILES string of the molecule is Cc1cc(-c2cn(C)nc2[C@H]2CCCN2C(=O)c2cc(C(C)(C)C)nn2C)on1. The minimum absolute atomic E-state index is 0.0108. The molecule has 1 saturated heterocycles. The molecule has 1 aliphatic heterocycles. The zero-order chi connectivity index (χ0) is 20.9. The van der Waals surface area contributed by atoms with Crippen LogP contribution in [0.5, 0.6) is 0 Å². The van der Waals surface area contributed by atoms with Crippen molar-refractivity contribution in [1.82, 2.24) is 29.6 Å². The Hall–Kier alpha value is -2.90. The number of aryl methyl sites for hydroxylation is 3. The van der Waals surface area contributed by atoms with Crippen LogP contribution < -0.4 is 0 Å². The van der Waals surface area contributed by atoms with Gasteiger partial charge in [0.05, 0.1) is 28.7 Å². The maximum absolute atomic E-state index is 13.4. The lowest BCUT2D eigenvalue weighted by atomic mass is 9.92. The first-order chi connectivity index (χ1) is 13.6. The monoisotopic (exact) mass is 396 g/mol. The van der Waals surface area contributed by atoms with Gasteiger partial charge in [-0.2, -0.15) is 10.2 Å². The second-order valence-corrected chi connectivity index (χ2v) is 8.88. The molecule has 0 saturated carbocycles. The van der Waals surface area contributed by atoms with Gasteiger partial charge in [0.25, 0.3) is 5.91 Å². The molecule has 1 amide bonds.